The van der Waals surface area contributed by atoms with Crippen molar-refractivity contribution >= 4 is 34.1 Å². The Kier molecular flexibility index (Phi) is 10.9. The number of hydrogen-bond acceptors (Lipinski definition) is 6. The summed E-state index contributed by atoms with van der Waals surface area (Å²) in [4.78, 5) is 13.3. The molecule has 6 nitrogen and oxygen atoms in total. The smallest absolute Gasteiger partial charge is 0.134 e. The molecule has 6 heteroatoms. The van der Waals surface area contributed by atoms with Crippen LogP contribution in [0.25, 0.3) is 67.5 Å². The minimum Gasteiger partial charge on any atom is -0.456 e. The fraction of sp³-hybridized carbons (Fsp3) is 0. The molecule has 0 unspecified atom stereocenters. The van der Waals surface area contributed by atoms with Crippen molar-refractivity contribution in [3.05, 3.63) is 255 Å². The normalized spacial score (nSPS) is 11.0. The second-order valence-electron chi connectivity index (χ2n) is 15.9. The number of nitrogens with zero attached hydrogens (tertiary/aromatic N) is 4. The molecule has 0 saturated heterocycles. The van der Waals surface area contributed by atoms with Crippen molar-refractivity contribution in [3.63, 3.8) is 0 Å². The lowest BCUT2D eigenvalue weighted by Gasteiger charge is -2.25. The van der Waals surface area contributed by atoms with E-state index in [2.05, 4.69) is 177 Å². The van der Waals surface area contributed by atoms with Gasteiger partial charge in [0.1, 0.15) is 23.0 Å². The van der Waals surface area contributed by atoms with Crippen molar-refractivity contribution in [2.24, 2.45) is 0 Å². The number of anilines is 6. The van der Waals surface area contributed by atoms with Gasteiger partial charge in [0.25, 0.3) is 0 Å². The molecule has 0 bridgehead atoms. The third-order valence-corrected chi connectivity index (χ3v) is 11.8. The van der Waals surface area contributed by atoms with Crippen LogP contribution in [0.1, 0.15) is 0 Å². The highest BCUT2D eigenvalue weighted by molar-refractivity contribution is 5.82. The Labute approximate surface area is 384 Å². The van der Waals surface area contributed by atoms with Crippen molar-refractivity contribution < 1.29 is 8.83 Å². The zero-order valence-corrected chi connectivity index (χ0v) is 35.9. The lowest BCUT2D eigenvalue weighted by molar-refractivity contribution is 0.597. The van der Waals surface area contributed by atoms with Gasteiger partial charge in [0.05, 0.1) is 23.8 Å². The standard InChI is InChI=1S/C60H42N4O2/c1-3-9-47(10-4-1)57-35-37-59(65-57)49-23-31-53(32-24-49)63(55-13-7-39-61-41-55)51-27-19-45(20-28-51)43-15-17-44(18-16-43)46-21-29-52(30-22-46)64(56-14-8-40-62-42-56)54-33-25-50(26-34-54)60-38-36-58(66-60)48-11-5-2-6-12-48/h1-42H. The van der Waals surface area contributed by atoms with Crippen LogP contribution in [0.2, 0.25) is 0 Å². The Hall–Kier alpha value is -9.00. The van der Waals surface area contributed by atoms with Gasteiger partial charge in [-0.3, -0.25) is 9.97 Å². The molecule has 314 valence electrons. The van der Waals surface area contributed by atoms with E-state index in [0.717, 1.165) is 102 Å². The Bertz CT molecular complexity index is 3070. The van der Waals surface area contributed by atoms with E-state index in [-0.39, 0.29) is 0 Å². The maximum absolute atomic E-state index is 6.25. The second kappa shape index (κ2) is 18.0. The average molecular weight is 851 g/mol. The quantitative estimate of drug-likeness (QED) is 0.122. The Morgan fingerprint density at radius 1 is 0.227 bits per heavy atom. The maximum atomic E-state index is 6.25. The largest absolute Gasteiger partial charge is 0.456 e. The van der Waals surface area contributed by atoms with E-state index < -0.39 is 0 Å². The Balaban J connectivity index is 0.806. The molecule has 0 atom stereocenters. The molecule has 0 aliphatic carbocycles. The lowest BCUT2D eigenvalue weighted by Crippen LogP contribution is -2.10. The van der Waals surface area contributed by atoms with Crippen molar-refractivity contribution in [2.75, 3.05) is 9.80 Å². The summed E-state index contributed by atoms with van der Waals surface area (Å²) in [7, 11) is 0. The van der Waals surface area contributed by atoms with E-state index in [0.29, 0.717) is 0 Å². The summed E-state index contributed by atoms with van der Waals surface area (Å²) in [6, 6.07) is 79.7. The van der Waals surface area contributed by atoms with Gasteiger partial charge in [0, 0.05) is 57.4 Å². The molecular weight excluding hydrogens is 809 g/mol. The Morgan fingerprint density at radius 3 is 0.788 bits per heavy atom. The highest BCUT2D eigenvalue weighted by Crippen LogP contribution is 2.39. The number of rotatable bonds is 12. The van der Waals surface area contributed by atoms with E-state index in [4.69, 9.17) is 8.83 Å². The molecule has 11 rings (SSSR count). The fourth-order valence-electron chi connectivity index (χ4n) is 8.38. The molecular formula is C60H42N4O2. The first-order valence-corrected chi connectivity index (χ1v) is 21.9. The third-order valence-electron chi connectivity index (χ3n) is 11.8. The molecule has 4 aromatic heterocycles. The first kappa shape index (κ1) is 39.8. The van der Waals surface area contributed by atoms with Gasteiger partial charge in [-0.15, -0.1) is 0 Å². The van der Waals surface area contributed by atoms with Gasteiger partial charge in [-0.25, -0.2) is 0 Å². The lowest BCUT2D eigenvalue weighted by atomic mass is 9.99. The first-order chi connectivity index (χ1) is 32.7. The molecule has 66 heavy (non-hydrogen) atoms. The zero-order chi connectivity index (χ0) is 44.1. The Morgan fingerprint density at radius 2 is 0.500 bits per heavy atom. The van der Waals surface area contributed by atoms with Gasteiger partial charge in [0.15, 0.2) is 0 Å². The van der Waals surface area contributed by atoms with Crippen molar-refractivity contribution in [3.8, 4) is 67.5 Å². The average Bonchev–Trinajstić information content (AvgIpc) is 4.11. The van der Waals surface area contributed by atoms with Crippen LogP contribution in [0.4, 0.5) is 34.1 Å². The molecule has 0 amide bonds. The van der Waals surface area contributed by atoms with Gasteiger partial charge in [0.2, 0.25) is 0 Å². The van der Waals surface area contributed by atoms with E-state index in [1.54, 1.807) is 12.4 Å². The van der Waals surface area contributed by atoms with E-state index in [1.807, 2.05) is 85.2 Å². The van der Waals surface area contributed by atoms with Crippen molar-refractivity contribution in [1.29, 1.82) is 0 Å². The van der Waals surface area contributed by atoms with Crippen LogP contribution in [-0.4, -0.2) is 9.97 Å². The first-order valence-electron chi connectivity index (χ1n) is 21.9. The molecule has 0 N–H and O–H groups in total. The summed E-state index contributed by atoms with van der Waals surface area (Å²) in [5.74, 6) is 3.36. The third kappa shape index (κ3) is 8.30. The van der Waals surface area contributed by atoms with Crippen molar-refractivity contribution in [1.82, 2.24) is 9.97 Å². The van der Waals surface area contributed by atoms with Crippen LogP contribution in [0.15, 0.2) is 264 Å². The SMILES string of the molecule is c1ccc(-c2ccc(-c3ccc(N(c4ccc(-c5ccc(-c6ccc(N(c7ccc(-c8ccc(-c9ccccc9)o8)cc7)c7cccnc7)cc6)cc5)cc4)c4cccnc4)cc3)o2)cc1. The maximum Gasteiger partial charge on any atom is 0.134 e. The van der Waals surface area contributed by atoms with Crippen LogP contribution >= 0.6 is 0 Å². The van der Waals surface area contributed by atoms with Gasteiger partial charge in [-0.05, 0) is 144 Å². The molecule has 0 fully saturated rings. The van der Waals surface area contributed by atoms with Gasteiger partial charge in [-0.2, -0.15) is 0 Å². The van der Waals surface area contributed by atoms with E-state index in [9.17, 15) is 0 Å². The number of hydrogen-bond donors (Lipinski definition) is 0. The van der Waals surface area contributed by atoms with Crippen LogP contribution in [0.3, 0.4) is 0 Å². The van der Waals surface area contributed by atoms with E-state index >= 15 is 0 Å². The van der Waals surface area contributed by atoms with Gasteiger partial charge >= 0.3 is 0 Å². The summed E-state index contributed by atoms with van der Waals surface area (Å²) < 4.78 is 12.5. The molecule has 0 radical (unpaired) electrons. The predicted molar refractivity (Wildman–Crippen MR) is 269 cm³/mol. The van der Waals surface area contributed by atoms with Crippen LogP contribution in [0.5, 0.6) is 0 Å². The van der Waals surface area contributed by atoms with E-state index in [1.165, 1.54) is 0 Å². The second-order valence-corrected chi connectivity index (χ2v) is 15.9. The molecule has 0 aliphatic rings. The van der Waals surface area contributed by atoms with Crippen LogP contribution in [-0.2, 0) is 0 Å². The molecule has 0 aliphatic heterocycles. The highest BCUT2D eigenvalue weighted by atomic mass is 16.3. The monoisotopic (exact) mass is 850 g/mol. The number of furan rings is 2. The predicted octanol–water partition coefficient (Wildman–Crippen LogP) is 16.6. The summed E-state index contributed by atoms with van der Waals surface area (Å²) in [5, 5.41) is 0. The molecule has 0 spiro atoms. The van der Waals surface area contributed by atoms with Gasteiger partial charge in [-0.1, -0.05) is 109 Å². The minimum atomic E-state index is 0.829. The summed E-state index contributed by atoms with van der Waals surface area (Å²) in [6.07, 6.45) is 7.39. The fourth-order valence-corrected chi connectivity index (χ4v) is 8.38. The number of pyridine rings is 2. The number of benzene rings is 7. The topological polar surface area (TPSA) is 58.5 Å². The minimum absolute atomic E-state index is 0.829. The zero-order valence-electron chi connectivity index (χ0n) is 35.9. The summed E-state index contributed by atoms with van der Waals surface area (Å²) in [5.41, 5.74) is 14.8. The van der Waals surface area contributed by atoms with Gasteiger partial charge < -0.3 is 18.6 Å². The van der Waals surface area contributed by atoms with Crippen molar-refractivity contribution in [2.45, 2.75) is 0 Å². The number of aromatic nitrogens is 2. The summed E-state index contributed by atoms with van der Waals surface area (Å²) >= 11 is 0. The highest BCUT2D eigenvalue weighted by Gasteiger charge is 2.17. The van der Waals surface area contributed by atoms with Crippen LogP contribution < -0.4 is 9.80 Å². The molecule has 0 saturated carbocycles. The van der Waals surface area contributed by atoms with Crippen LogP contribution in [0, 0.1) is 0 Å². The molecule has 7 aromatic carbocycles. The molecule has 4 heterocycles. The summed E-state index contributed by atoms with van der Waals surface area (Å²) in [6.45, 7) is 0. The molecule has 11 aromatic rings.